The van der Waals surface area contributed by atoms with Gasteiger partial charge in [0.25, 0.3) is 11.8 Å². The van der Waals surface area contributed by atoms with E-state index in [0.29, 0.717) is 23.4 Å². The van der Waals surface area contributed by atoms with Crippen molar-refractivity contribution in [3.63, 3.8) is 0 Å². The molecule has 3 aromatic carbocycles. The van der Waals surface area contributed by atoms with Crippen LogP contribution in [-0.4, -0.2) is 29.2 Å². The number of ether oxygens (including phenoxy) is 1. The molecule has 0 saturated heterocycles. The fraction of sp³-hybridized carbons (Fsp3) is 0.405. The number of benzene rings is 3. The van der Waals surface area contributed by atoms with Crippen molar-refractivity contribution in [2.45, 2.75) is 90.4 Å². The van der Waals surface area contributed by atoms with E-state index in [1.807, 2.05) is 24.3 Å². The van der Waals surface area contributed by atoms with E-state index < -0.39 is 5.97 Å². The van der Waals surface area contributed by atoms with Gasteiger partial charge in [0.2, 0.25) is 0 Å². The molecule has 1 aliphatic heterocycles. The number of amides is 2. The lowest BCUT2D eigenvalue weighted by molar-refractivity contribution is 0.0650. The fourth-order valence-electron chi connectivity index (χ4n) is 5.53. The van der Waals surface area contributed by atoms with Crippen molar-refractivity contribution in [2.75, 3.05) is 6.54 Å². The molecule has 2 amide bonds. The second kappa shape index (κ2) is 16.4. The summed E-state index contributed by atoms with van der Waals surface area (Å²) in [6.07, 6.45) is 16.1. The molecule has 6 heteroatoms. The van der Waals surface area contributed by atoms with Gasteiger partial charge in [-0.3, -0.25) is 14.5 Å². The highest BCUT2D eigenvalue weighted by molar-refractivity contribution is 6.22. The molecule has 6 nitrogen and oxygen atoms in total. The lowest BCUT2D eigenvalue weighted by atomic mass is 10.0. The molecule has 0 N–H and O–H groups in total. The zero-order valence-electron chi connectivity index (χ0n) is 25.3. The first-order valence-electron chi connectivity index (χ1n) is 15.8. The number of nitriles is 1. The molecule has 3 aromatic rings. The number of esters is 1. The molecule has 4 rings (SSSR count). The van der Waals surface area contributed by atoms with Crippen molar-refractivity contribution >= 4 is 17.8 Å². The molecule has 0 fully saturated rings. The average Bonchev–Trinajstić information content (AvgIpc) is 3.27. The Kier molecular flexibility index (Phi) is 12.1. The monoisotopic (exact) mass is 578 g/mol. The summed E-state index contributed by atoms with van der Waals surface area (Å²) in [5.74, 6) is -0.865. The Bertz CT molecular complexity index is 1420. The molecule has 0 atom stereocenters. The number of hydrogen-bond acceptors (Lipinski definition) is 5. The average molecular weight is 579 g/mol. The highest BCUT2D eigenvalue weighted by atomic mass is 16.5. The molecule has 43 heavy (non-hydrogen) atoms. The van der Waals surface area contributed by atoms with E-state index in [-0.39, 0.29) is 22.9 Å². The number of unbranched alkanes of at least 4 members (excludes halogenated alkanes) is 12. The van der Waals surface area contributed by atoms with Crippen LogP contribution >= 0.6 is 0 Å². The molecule has 0 aromatic heterocycles. The third-order valence-corrected chi connectivity index (χ3v) is 8.10. The summed E-state index contributed by atoms with van der Waals surface area (Å²) in [6.45, 7) is 2.65. The first-order chi connectivity index (χ1) is 21.0. The highest BCUT2D eigenvalue weighted by Crippen LogP contribution is 2.27. The van der Waals surface area contributed by atoms with E-state index in [2.05, 4.69) is 13.0 Å². The van der Waals surface area contributed by atoms with Crippen LogP contribution in [0.4, 0.5) is 0 Å². The van der Waals surface area contributed by atoms with Crippen LogP contribution in [0.15, 0.2) is 66.7 Å². The molecule has 0 radical (unpaired) electrons. The molecular formula is C37H42N2O4. The normalized spacial score (nSPS) is 12.3. The third-order valence-electron chi connectivity index (χ3n) is 8.10. The van der Waals surface area contributed by atoms with E-state index in [4.69, 9.17) is 10.00 Å². The SMILES string of the molecule is CCCCCCCCCCCCCCCN1C(=O)c2ccc(C(=O)Oc3ccc(-c4ccc(C#N)cc4)cc3)cc2C1=O. The maximum absolute atomic E-state index is 13.0. The Labute approximate surface area is 255 Å². The second-order valence-electron chi connectivity index (χ2n) is 11.4. The fourth-order valence-corrected chi connectivity index (χ4v) is 5.53. The zero-order valence-corrected chi connectivity index (χ0v) is 25.3. The zero-order chi connectivity index (χ0) is 30.4. The number of carbonyl (C=O) groups excluding carboxylic acids is 3. The summed E-state index contributed by atoms with van der Waals surface area (Å²) >= 11 is 0. The largest absolute Gasteiger partial charge is 0.423 e. The minimum absolute atomic E-state index is 0.221. The number of fused-ring (bicyclic) bond motifs is 1. The van der Waals surface area contributed by atoms with Gasteiger partial charge < -0.3 is 4.74 Å². The molecule has 0 aliphatic carbocycles. The number of hydrogen-bond donors (Lipinski definition) is 0. The van der Waals surface area contributed by atoms with E-state index >= 15 is 0 Å². The summed E-state index contributed by atoms with van der Waals surface area (Å²) in [6, 6.07) is 21.0. The Morgan fingerprint density at radius 3 is 1.74 bits per heavy atom. The first-order valence-corrected chi connectivity index (χ1v) is 15.8. The minimum Gasteiger partial charge on any atom is -0.423 e. The van der Waals surface area contributed by atoms with E-state index in [9.17, 15) is 14.4 Å². The Hall–Kier alpha value is -4.24. The van der Waals surface area contributed by atoms with Crippen molar-refractivity contribution in [3.8, 4) is 22.9 Å². The predicted molar refractivity (Wildman–Crippen MR) is 169 cm³/mol. The van der Waals surface area contributed by atoms with E-state index in [1.165, 1.54) is 81.2 Å². The minimum atomic E-state index is -0.593. The molecule has 0 unspecified atom stereocenters. The van der Waals surface area contributed by atoms with Crippen LogP contribution in [-0.2, 0) is 0 Å². The molecule has 0 spiro atoms. The number of nitrogens with zero attached hydrogens (tertiary/aromatic N) is 2. The van der Waals surface area contributed by atoms with Crippen LogP contribution in [0.1, 0.15) is 127 Å². The number of imide groups is 1. The highest BCUT2D eigenvalue weighted by Gasteiger charge is 2.35. The summed E-state index contributed by atoms with van der Waals surface area (Å²) in [5, 5.41) is 8.97. The van der Waals surface area contributed by atoms with Crippen molar-refractivity contribution in [1.29, 1.82) is 5.26 Å². The lowest BCUT2D eigenvalue weighted by Crippen LogP contribution is -2.30. The standard InChI is InChI=1S/C37H42N2O4/c1-2-3-4-5-6-7-8-9-10-11-12-13-14-25-39-35(40)33-24-21-31(26-34(33)36(39)41)37(42)43-32-22-19-30(20-23-32)29-17-15-28(27-38)16-18-29/h15-24,26H,2-14,25H2,1H3. The first kappa shape index (κ1) is 31.7. The number of carbonyl (C=O) groups is 3. The Morgan fingerprint density at radius 1 is 0.674 bits per heavy atom. The quantitative estimate of drug-likeness (QED) is 0.0690. The molecule has 0 bridgehead atoms. The van der Waals surface area contributed by atoms with Crippen LogP contribution in [0.5, 0.6) is 5.75 Å². The van der Waals surface area contributed by atoms with Crippen molar-refractivity contribution in [2.24, 2.45) is 0 Å². The van der Waals surface area contributed by atoms with Gasteiger partial charge >= 0.3 is 5.97 Å². The van der Waals surface area contributed by atoms with Gasteiger partial charge in [-0.25, -0.2) is 4.79 Å². The van der Waals surface area contributed by atoms with Gasteiger partial charge in [0.05, 0.1) is 28.3 Å². The molecule has 1 heterocycles. The Morgan fingerprint density at radius 2 is 1.19 bits per heavy atom. The van der Waals surface area contributed by atoms with E-state index in [1.54, 1.807) is 30.3 Å². The van der Waals surface area contributed by atoms with Gasteiger partial charge in [-0.2, -0.15) is 5.26 Å². The van der Waals surface area contributed by atoms with Gasteiger partial charge in [0.15, 0.2) is 0 Å². The van der Waals surface area contributed by atoms with Crippen LogP contribution in [0.25, 0.3) is 11.1 Å². The smallest absolute Gasteiger partial charge is 0.343 e. The summed E-state index contributed by atoms with van der Waals surface area (Å²) in [5.41, 5.74) is 3.27. The number of rotatable bonds is 17. The van der Waals surface area contributed by atoms with Gasteiger partial charge in [-0.15, -0.1) is 0 Å². The van der Waals surface area contributed by atoms with Crippen molar-refractivity contribution in [1.82, 2.24) is 4.90 Å². The Balaban J connectivity index is 1.20. The lowest BCUT2D eigenvalue weighted by Gasteiger charge is -2.13. The van der Waals surface area contributed by atoms with E-state index in [0.717, 1.165) is 30.4 Å². The van der Waals surface area contributed by atoms with Gasteiger partial charge in [0.1, 0.15) is 5.75 Å². The van der Waals surface area contributed by atoms with Crippen LogP contribution < -0.4 is 4.74 Å². The summed E-state index contributed by atoms with van der Waals surface area (Å²) < 4.78 is 5.54. The van der Waals surface area contributed by atoms with Crippen LogP contribution in [0.2, 0.25) is 0 Å². The molecule has 224 valence electrons. The topological polar surface area (TPSA) is 87.5 Å². The second-order valence-corrected chi connectivity index (χ2v) is 11.4. The molecule has 1 aliphatic rings. The molecule has 0 saturated carbocycles. The summed E-state index contributed by atoms with van der Waals surface area (Å²) in [4.78, 5) is 40.1. The molecular weight excluding hydrogens is 536 g/mol. The maximum Gasteiger partial charge on any atom is 0.343 e. The van der Waals surface area contributed by atoms with Crippen LogP contribution in [0.3, 0.4) is 0 Å². The summed E-state index contributed by atoms with van der Waals surface area (Å²) in [7, 11) is 0. The predicted octanol–water partition coefficient (Wildman–Crippen LogP) is 9.13. The van der Waals surface area contributed by atoms with Crippen LogP contribution in [0, 0.1) is 11.3 Å². The van der Waals surface area contributed by atoms with Gasteiger partial charge in [-0.05, 0) is 60.0 Å². The van der Waals surface area contributed by atoms with Gasteiger partial charge in [0, 0.05) is 6.54 Å². The van der Waals surface area contributed by atoms with Gasteiger partial charge in [-0.1, -0.05) is 108 Å². The maximum atomic E-state index is 13.0. The third kappa shape index (κ3) is 8.88. The van der Waals surface area contributed by atoms with Crippen molar-refractivity contribution in [3.05, 3.63) is 89.0 Å². The van der Waals surface area contributed by atoms with Crippen molar-refractivity contribution < 1.29 is 19.1 Å².